The summed E-state index contributed by atoms with van der Waals surface area (Å²) in [5.74, 6) is 0. The molecule has 0 radical (unpaired) electrons. The molecule has 0 spiro atoms. The van der Waals surface area contributed by atoms with Crippen molar-refractivity contribution in [3.63, 3.8) is 0 Å². The average Bonchev–Trinajstić information content (AvgIpc) is 2.45. The van der Waals surface area contributed by atoms with E-state index in [1.807, 2.05) is 48.5 Å². The molecule has 0 aliphatic rings. The van der Waals surface area contributed by atoms with E-state index >= 15 is 0 Å². The molecule has 0 heterocycles. The lowest BCUT2D eigenvalue weighted by molar-refractivity contribution is 1.19. The van der Waals surface area contributed by atoms with E-state index in [0.29, 0.717) is 0 Å². The zero-order chi connectivity index (χ0) is 12.8. The van der Waals surface area contributed by atoms with E-state index in [1.54, 1.807) is 0 Å². The Balaban J connectivity index is 2.30. The van der Waals surface area contributed by atoms with Gasteiger partial charge in [0, 0.05) is 10.7 Å². The number of hydrogen-bond donors (Lipinski definition) is 0. The van der Waals surface area contributed by atoms with Gasteiger partial charge in [0.25, 0.3) is 0 Å². The Kier molecular flexibility index (Phi) is 5.08. The first-order valence-corrected chi connectivity index (χ1v) is 7.79. The lowest BCUT2D eigenvalue weighted by Gasteiger charge is -2.02. The first kappa shape index (κ1) is 13.4. The van der Waals surface area contributed by atoms with Crippen molar-refractivity contribution in [2.75, 3.05) is 0 Å². The number of azo groups is 1. The standard InChI is InChI=1S/C14H12Br2N2/c15-9-11-5-1-3-7-13(11)17-18-14-8-4-2-6-12(14)10-16/h1-8H,9-10H2. The third-order valence-electron chi connectivity index (χ3n) is 2.54. The van der Waals surface area contributed by atoms with Gasteiger partial charge < -0.3 is 0 Å². The molecule has 0 atom stereocenters. The molecule has 2 aromatic carbocycles. The van der Waals surface area contributed by atoms with Gasteiger partial charge in [0.1, 0.15) is 0 Å². The fourth-order valence-corrected chi connectivity index (χ4v) is 2.50. The first-order chi connectivity index (χ1) is 8.85. The molecule has 2 aromatic rings. The van der Waals surface area contributed by atoms with Crippen LogP contribution in [0.25, 0.3) is 0 Å². The van der Waals surface area contributed by atoms with Crippen molar-refractivity contribution in [3.8, 4) is 0 Å². The van der Waals surface area contributed by atoms with Crippen molar-refractivity contribution in [1.82, 2.24) is 0 Å². The van der Waals surface area contributed by atoms with Gasteiger partial charge in [0.05, 0.1) is 11.4 Å². The van der Waals surface area contributed by atoms with Gasteiger partial charge in [-0.05, 0) is 23.3 Å². The normalized spacial score (nSPS) is 11.0. The first-order valence-electron chi connectivity index (χ1n) is 5.54. The van der Waals surface area contributed by atoms with E-state index in [4.69, 9.17) is 0 Å². The van der Waals surface area contributed by atoms with Crippen LogP contribution in [0.5, 0.6) is 0 Å². The topological polar surface area (TPSA) is 24.7 Å². The molecule has 0 aliphatic heterocycles. The fourth-order valence-electron chi connectivity index (χ4n) is 1.55. The molecule has 0 saturated carbocycles. The summed E-state index contributed by atoms with van der Waals surface area (Å²) >= 11 is 6.91. The molecule has 2 nitrogen and oxygen atoms in total. The van der Waals surface area contributed by atoms with Crippen molar-refractivity contribution in [2.45, 2.75) is 10.7 Å². The van der Waals surface area contributed by atoms with E-state index < -0.39 is 0 Å². The Morgan fingerprint density at radius 1 is 0.667 bits per heavy atom. The van der Waals surface area contributed by atoms with Crippen molar-refractivity contribution < 1.29 is 0 Å². The van der Waals surface area contributed by atoms with Crippen LogP contribution in [0.1, 0.15) is 11.1 Å². The van der Waals surface area contributed by atoms with Crippen LogP contribution in [0.3, 0.4) is 0 Å². The van der Waals surface area contributed by atoms with Gasteiger partial charge in [-0.1, -0.05) is 68.3 Å². The monoisotopic (exact) mass is 366 g/mol. The summed E-state index contributed by atoms with van der Waals surface area (Å²) in [5.41, 5.74) is 4.08. The summed E-state index contributed by atoms with van der Waals surface area (Å²) in [6, 6.07) is 16.0. The number of hydrogen-bond acceptors (Lipinski definition) is 2. The van der Waals surface area contributed by atoms with Crippen molar-refractivity contribution >= 4 is 43.2 Å². The molecule has 2 rings (SSSR count). The molecule has 92 valence electrons. The molecule has 0 unspecified atom stereocenters. The minimum absolute atomic E-state index is 0.780. The molecule has 0 N–H and O–H groups in total. The molecule has 0 bridgehead atoms. The summed E-state index contributed by atoms with van der Waals surface area (Å²) in [6.45, 7) is 0. The number of alkyl halides is 2. The third-order valence-corrected chi connectivity index (χ3v) is 3.74. The van der Waals surface area contributed by atoms with Crippen LogP contribution >= 0.6 is 31.9 Å². The van der Waals surface area contributed by atoms with Gasteiger partial charge in [-0.3, -0.25) is 0 Å². The van der Waals surface area contributed by atoms with E-state index in [1.165, 1.54) is 0 Å². The molecule has 0 saturated heterocycles. The van der Waals surface area contributed by atoms with Crippen LogP contribution in [-0.4, -0.2) is 0 Å². The molecular weight excluding hydrogens is 356 g/mol. The minimum Gasteiger partial charge on any atom is -0.150 e. The van der Waals surface area contributed by atoms with E-state index in [2.05, 4.69) is 42.1 Å². The second-order valence-corrected chi connectivity index (χ2v) is 4.85. The summed E-state index contributed by atoms with van der Waals surface area (Å²) < 4.78 is 0. The summed E-state index contributed by atoms with van der Waals surface area (Å²) in [7, 11) is 0. The van der Waals surface area contributed by atoms with E-state index in [0.717, 1.165) is 33.2 Å². The number of rotatable bonds is 4. The number of halogens is 2. The van der Waals surface area contributed by atoms with E-state index in [9.17, 15) is 0 Å². The number of nitrogens with zero attached hydrogens (tertiary/aromatic N) is 2. The Morgan fingerprint density at radius 2 is 1.06 bits per heavy atom. The Hall–Kier alpha value is -1.000. The fraction of sp³-hybridized carbons (Fsp3) is 0.143. The van der Waals surface area contributed by atoms with Crippen LogP contribution in [0.2, 0.25) is 0 Å². The number of benzene rings is 2. The molecule has 18 heavy (non-hydrogen) atoms. The highest BCUT2D eigenvalue weighted by molar-refractivity contribution is 9.08. The lowest BCUT2D eigenvalue weighted by atomic mass is 10.2. The summed E-state index contributed by atoms with van der Waals surface area (Å²) in [4.78, 5) is 0. The lowest BCUT2D eigenvalue weighted by Crippen LogP contribution is -1.78. The zero-order valence-corrected chi connectivity index (χ0v) is 12.9. The molecule has 4 heteroatoms. The minimum atomic E-state index is 0.780. The highest BCUT2D eigenvalue weighted by Gasteiger charge is 2.00. The maximum Gasteiger partial charge on any atom is 0.0897 e. The van der Waals surface area contributed by atoms with Crippen LogP contribution in [0, 0.1) is 0 Å². The predicted molar refractivity (Wildman–Crippen MR) is 82.3 cm³/mol. The smallest absolute Gasteiger partial charge is 0.0897 e. The van der Waals surface area contributed by atoms with Crippen LogP contribution in [0.15, 0.2) is 58.8 Å². The molecular formula is C14H12Br2N2. The van der Waals surface area contributed by atoms with Gasteiger partial charge in [-0.25, -0.2) is 0 Å². The predicted octanol–water partition coefficient (Wildman–Crippen LogP) is 5.89. The van der Waals surface area contributed by atoms with Crippen LogP contribution in [0.4, 0.5) is 11.4 Å². The molecule has 0 aliphatic carbocycles. The van der Waals surface area contributed by atoms with Crippen molar-refractivity contribution in [2.24, 2.45) is 10.2 Å². The van der Waals surface area contributed by atoms with Crippen molar-refractivity contribution in [3.05, 3.63) is 59.7 Å². The van der Waals surface area contributed by atoms with Crippen LogP contribution in [-0.2, 0) is 10.7 Å². The van der Waals surface area contributed by atoms with E-state index in [-0.39, 0.29) is 0 Å². The average molecular weight is 368 g/mol. The largest absolute Gasteiger partial charge is 0.150 e. The quantitative estimate of drug-likeness (QED) is 0.475. The van der Waals surface area contributed by atoms with Gasteiger partial charge in [0.2, 0.25) is 0 Å². The summed E-state index contributed by atoms with van der Waals surface area (Å²) in [5, 5.41) is 10.2. The molecule has 0 fully saturated rings. The van der Waals surface area contributed by atoms with Crippen LogP contribution < -0.4 is 0 Å². The maximum atomic E-state index is 4.33. The highest BCUT2D eigenvalue weighted by Crippen LogP contribution is 2.26. The van der Waals surface area contributed by atoms with Gasteiger partial charge in [-0.15, -0.1) is 0 Å². The SMILES string of the molecule is BrCc1ccccc1N=Nc1ccccc1CBr. The highest BCUT2D eigenvalue weighted by atomic mass is 79.9. The molecule has 0 amide bonds. The zero-order valence-electron chi connectivity index (χ0n) is 9.68. The Bertz CT molecular complexity index is 503. The second kappa shape index (κ2) is 6.81. The van der Waals surface area contributed by atoms with Gasteiger partial charge in [-0.2, -0.15) is 10.2 Å². The Labute approximate surface area is 123 Å². The molecule has 0 aromatic heterocycles. The second-order valence-electron chi connectivity index (χ2n) is 3.72. The van der Waals surface area contributed by atoms with Gasteiger partial charge in [0.15, 0.2) is 0 Å². The third kappa shape index (κ3) is 3.27. The van der Waals surface area contributed by atoms with Gasteiger partial charge >= 0.3 is 0 Å². The maximum absolute atomic E-state index is 4.33. The van der Waals surface area contributed by atoms with Crippen molar-refractivity contribution in [1.29, 1.82) is 0 Å². The summed E-state index contributed by atoms with van der Waals surface area (Å²) in [6.07, 6.45) is 0. The Morgan fingerprint density at radius 3 is 1.44 bits per heavy atom.